The first kappa shape index (κ1) is 16.1. The minimum Gasteiger partial charge on any atom is -0.331 e. The maximum atomic E-state index is 13.4. The molecule has 4 rings (SSSR count). The Morgan fingerprint density at radius 1 is 1.24 bits per heavy atom. The van der Waals surface area contributed by atoms with Crippen LogP contribution >= 0.6 is 0 Å². The minimum absolute atomic E-state index is 0.0763. The summed E-state index contributed by atoms with van der Waals surface area (Å²) in [7, 11) is 0. The fourth-order valence-electron chi connectivity index (χ4n) is 3.90. The van der Waals surface area contributed by atoms with Gasteiger partial charge in [-0.25, -0.2) is 18.9 Å². The van der Waals surface area contributed by atoms with Crippen molar-refractivity contribution in [2.24, 2.45) is 0 Å². The van der Waals surface area contributed by atoms with E-state index < -0.39 is 0 Å². The smallest absolute Gasteiger partial charge is 0.315 e. The van der Waals surface area contributed by atoms with Crippen LogP contribution in [-0.2, 0) is 13.0 Å². The molecule has 6 nitrogen and oxygen atoms in total. The fraction of sp³-hybridized carbons (Fsp3) is 0.500. The van der Waals surface area contributed by atoms with Crippen LogP contribution in [0.2, 0.25) is 0 Å². The van der Waals surface area contributed by atoms with Crippen LogP contribution in [0, 0.1) is 12.7 Å². The van der Waals surface area contributed by atoms with Gasteiger partial charge in [-0.2, -0.15) is 5.10 Å². The summed E-state index contributed by atoms with van der Waals surface area (Å²) < 4.78 is 15.3. The number of urea groups is 1. The van der Waals surface area contributed by atoms with Crippen LogP contribution in [0.5, 0.6) is 0 Å². The third-order valence-electron chi connectivity index (χ3n) is 5.01. The van der Waals surface area contributed by atoms with E-state index in [0.717, 1.165) is 61.4 Å². The zero-order valence-corrected chi connectivity index (χ0v) is 14.3. The summed E-state index contributed by atoms with van der Waals surface area (Å²) in [6.07, 6.45) is 4.49. The predicted octanol–water partition coefficient (Wildman–Crippen LogP) is 2.94. The van der Waals surface area contributed by atoms with E-state index in [-0.39, 0.29) is 23.9 Å². The fourth-order valence-corrected chi connectivity index (χ4v) is 3.90. The number of benzene rings is 1. The number of carbonyl (C=O) groups excluding carboxylic acids is 1. The Morgan fingerprint density at radius 2 is 2.04 bits per heavy atom. The molecule has 7 heteroatoms. The van der Waals surface area contributed by atoms with Crippen molar-refractivity contribution in [2.45, 2.75) is 57.7 Å². The molecule has 2 heterocycles. The first-order valence-corrected chi connectivity index (χ1v) is 8.87. The van der Waals surface area contributed by atoms with E-state index in [0.29, 0.717) is 0 Å². The van der Waals surface area contributed by atoms with Crippen molar-refractivity contribution < 1.29 is 9.18 Å². The van der Waals surface area contributed by atoms with Crippen LogP contribution in [0.3, 0.4) is 0 Å². The molecule has 1 aliphatic carbocycles. The highest BCUT2D eigenvalue weighted by atomic mass is 19.1. The number of aryl methyl sites for hydroxylation is 3. The van der Waals surface area contributed by atoms with Gasteiger partial charge in [0.1, 0.15) is 17.5 Å². The molecule has 0 saturated carbocycles. The van der Waals surface area contributed by atoms with Crippen LogP contribution < -0.4 is 10.6 Å². The molecule has 0 saturated heterocycles. The first-order valence-electron chi connectivity index (χ1n) is 8.87. The number of nitrogens with one attached hydrogen (secondary N) is 2. The van der Waals surface area contributed by atoms with Gasteiger partial charge in [-0.3, -0.25) is 0 Å². The molecule has 2 aromatic rings. The average molecular weight is 343 g/mol. The summed E-state index contributed by atoms with van der Waals surface area (Å²) in [5, 5.41) is 10.4. The van der Waals surface area contributed by atoms with Gasteiger partial charge in [-0.05, 0) is 62.3 Å². The Bertz CT molecular complexity index is 803. The summed E-state index contributed by atoms with van der Waals surface area (Å²) in [6.45, 7) is 2.71. The van der Waals surface area contributed by atoms with Crippen LogP contribution in [0.25, 0.3) is 0 Å². The van der Waals surface area contributed by atoms with E-state index >= 15 is 0 Å². The number of aromatic nitrogens is 3. The van der Waals surface area contributed by atoms with Gasteiger partial charge in [0.15, 0.2) is 0 Å². The normalized spacial score (nSPS) is 22.0. The highest BCUT2D eigenvalue weighted by Gasteiger charge is 2.27. The number of amides is 2. The second kappa shape index (κ2) is 6.46. The molecule has 0 spiro atoms. The predicted molar refractivity (Wildman–Crippen MR) is 90.5 cm³/mol. The lowest BCUT2D eigenvalue weighted by Crippen LogP contribution is -2.42. The second-order valence-electron chi connectivity index (χ2n) is 6.84. The molecule has 2 amide bonds. The van der Waals surface area contributed by atoms with E-state index in [1.54, 1.807) is 12.1 Å². The monoisotopic (exact) mass is 343 g/mol. The molecule has 1 aliphatic heterocycles. The number of fused-ring (bicyclic) bond motifs is 2. The van der Waals surface area contributed by atoms with Crippen LogP contribution in [0.1, 0.15) is 60.5 Å². The van der Waals surface area contributed by atoms with E-state index in [9.17, 15) is 9.18 Å². The Hall–Kier alpha value is -2.44. The molecule has 25 heavy (non-hydrogen) atoms. The van der Waals surface area contributed by atoms with Crippen LogP contribution in [0.15, 0.2) is 18.2 Å². The minimum atomic E-state index is -0.222. The van der Waals surface area contributed by atoms with Gasteiger partial charge in [0.05, 0.1) is 12.1 Å². The highest BCUT2D eigenvalue weighted by molar-refractivity contribution is 5.75. The Morgan fingerprint density at radius 3 is 2.92 bits per heavy atom. The molecule has 2 N–H and O–H groups in total. The molecule has 0 bridgehead atoms. The van der Waals surface area contributed by atoms with Gasteiger partial charge in [0, 0.05) is 6.54 Å². The number of halogens is 1. The van der Waals surface area contributed by atoms with Crippen molar-refractivity contribution in [3.63, 3.8) is 0 Å². The Balaban J connectivity index is 1.46. The maximum absolute atomic E-state index is 13.4. The molecule has 0 radical (unpaired) electrons. The largest absolute Gasteiger partial charge is 0.331 e. The summed E-state index contributed by atoms with van der Waals surface area (Å²) >= 11 is 0. The quantitative estimate of drug-likeness (QED) is 0.881. The van der Waals surface area contributed by atoms with Gasteiger partial charge in [0.2, 0.25) is 0 Å². The van der Waals surface area contributed by atoms with Crippen LogP contribution in [-0.4, -0.2) is 20.8 Å². The summed E-state index contributed by atoms with van der Waals surface area (Å²) in [6, 6.07) is 4.42. The lowest BCUT2D eigenvalue weighted by atomic mass is 9.87. The lowest BCUT2D eigenvalue weighted by Gasteiger charge is -2.28. The molecule has 1 aromatic carbocycles. The van der Waals surface area contributed by atoms with Crippen molar-refractivity contribution in [3.05, 3.63) is 46.8 Å². The number of rotatable bonds is 2. The van der Waals surface area contributed by atoms with Gasteiger partial charge >= 0.3 is 6.03 Å². The van der Waals surface area contributed by atoms with E-state index in [1.807, 2.05) is 11.6 Å². The van der Waals surface area contributed by atoms with Gasteiger partial charge in [-0.15, -0.1) is 0 Å². The van der Waals surface area contributed by atoms with Crippen molar-refractivity contribution in [1.29, 1.82) is 0 Å². The molecule has 2 aliphatic rings. The molecule has 132 valence electrons. The van der Waals surface area contributed by atoms with Crippen molar-refractivity contribution in [3.8, 4) is 0 Å². The zero-order chi connectivity index (χ0) is 17.4. The van der Waals surface area contributed by atoms with Gasteiger partial charge in [0.25, 0.3) is 0 Å². The second-order valence-corrected chi connectivity index (χ2v) is 6.84. The number of hydrogen-bond donors (Lipinski definition) is 2. The number of hydrogen-bond acceptors (Lipinski definition) is 3. The van der Waals surface area contributed by atoms with Crippen molar-refractivity contribution in [2.75, 3.05) is 0 Å². The molecule has 2 atom stereocenters. The number of carbonyl (C=O) groups is 1. The lowest BCUT2D eigenvalue weighted by molar-refractivity contribution is 0.227. The average Bonchev–Trinajstić information content (AvgIpc) is 2.96. The standard InChI is InChI=1S/C18H22FN5O/c1-11-20-17-16(6-3-9-24(17)23-11)22-18(25)21-15-5-2-4-12-10-13(19)7-8-14(12)15/h7-8,10,15-16H,2-6,9H2,1H3,(H2,21,22,25). The molecular formula is C18H22FN5O. The van der Waals surface area contributed by atoms with Crippen molar-refractivity contribution in [1.82, 2.24) is 25.4 Å². The highest BCUT2D eigenvalue weighted by Crippen LogP contribution is 2.30. The maximum Gasteiger partial charge on any atom is 0.315 e. The topological polar surface area (TPSA) is 71.8 Å². The Kier molecular flexibility index (Phi) is 4.15. The zero-order valence-electron chi connectivity index (χ0n) is 14.3. The van der Waals surface area contributed by atoms with E-state index in [4.69, 9.17) is 0 Å². The SMILES string of the molecule is Cc1nc2n(n1)CCCC2NC(=O)NC1CCCc2cc(F)ccc21. The molecule has 2 unspecified atom stereocenters. The summed E-state index contributed by atoms with van der Waals surface area (Å²) in [5.74, 6) is 1.33. The van der Waals surface area contributed by atoms with Crippen molar-refractivity contribution >= 4 is 6.03 Å². The molecule has 0 fully saturated rings. The summed E-state index contributed by atoms with van der Waals surface area (Å²) in [5.41, 5.74) is 2.01. The van der Waals surface area contributed by atoms with Gasteiger partial charge < -0.3 is 10.6 Å². The van der Waals surface area contributed by atoms with Gasteiger partial charge in [-0.1, -0.05) is 6.07 Å². The molecular weight excluding hydrogens is 321 g/mol. The van der Waals surface area contributed by atoms with Crippen LogP contribution in [0.4, 0.5) is 9.18 Å². The third kappa shape index (κ3) is 3.23. The number of nitrogens with zero attached hydrogens (tertiary/aromatic N) is 3. The molecule has 1 aromatic heterocycles. The van der Waals surface area contributed by atoms with E-state index in [1.165, 1.54) is 6.07 Å². The first-order chi connectivity index (χ1) is 12.1. The third-order valence-corrected chi connectivity index (χ3v) is 5.01. The summed E-state index contributed by atoms with van der Waals surface area (Å²) in [4.78, 5) is 17.0. The Labute approximate surface area is 145 Å². The van der Waals surface area contributed by atoms with E-state index in [2.05, 4.69) is 20.7 Å².